The number of aromatic nitrogens is 1. The zero-order chi connectivity index (χ0) is 21.2. The molecule has 2 amide bonds. The van der Waals surface area contributed by atoms with Gasteiger partial charge in [0, 0.05) is 24.0 Å². The van der Waals surface area contributed by atoms with Gasteiger partial charge in [-0.2, -0.15) is 0 Å². The van der Waals surface area contributed by atoms with Crippen LogP contribution < -0.4 is 10.1 Å². The monoisotopic (exact) mass is 409 g/mol. The minimum atomic E-state index is -0.0912. The number of ether oxygens (including phenoxy) is 1. The number of para-hydroxylation sites is 1. The van der Waals surface area contributed by atoms with Crippen molar-refractivity contribution in [3.8, 4) is 17.0 Å². The predicted molar refractivity (Wildman–Crippen MR) is 123 cm³/mol. The molecule has 0 aliphatic carbocycles. The van der Waals surface area contributed by atoms with Gasteiger partial charge in [0.25, 0.3) is 0 Å². The number of amides is 2. The number of fused-ring (bicyclic) bond motifs is 2. The Labute approximate surface area is 181 Å². The van der Waals surface area contributed by atoms with Gasteiger partial charge in [0.1, 0.15) is 5.75 Å². The van der Waals surface area contributed by atoms with Crippen molar-refractivity contribution in [1.29, 1.82) is 0 Å². The molecule has 0 unspecified atom stereocenters. The predicted octanol–water partition coefficient (Wildman–Crippen LogP) is 5.50. The first-order valence-electron chi connectivity index (χ1n) is 10.4. The van der Waals surface area contributed by atoms with Crippen LogP contribution in [-0.4, -0.2) is 29.6 Å². The maximum absolute atomic E-state index is 13.1. The Bertz CT molecular complexity index is 1250. The summed E-state index contributed by atoms with van der Waals surface area (Å²) < 4.78 is 5.26. The van der Waals surface area contributed by atoms with Gasteiger partial charge < -0.3 is 15.0 Å². The van der Waals surface area contributed by atoms with Crippen LogP contribution in [0.2, 0.25) is 0 Å². The third kappa shape index (κ3) is 3.82. The van der Waals surface area contributed by atoms with Crippen LogP contribution in [0.15, 0.2) is 78.9 Å². The lowest BCUT2D eigenvalue weighted by atomic mass is 10.0. The van der Waals surface area contributed by atoms with Gasteiger partial charge in [-0.05, 0) is 53.9 Å². The van der Waals surface area contributed by atoms with Crippen molar-refractivity contribution in [2.75, 3.05) is 19.0 Å². The van der Waals surface area contributed by atoms with Crippen LogP contribution >= 0.6 is 0 Å². The first-order chi connectivity index (χ1) is 15.2. The minimum Gasteiger partial charge on any atom is -0.497 e. The third-order valence-corrected chi connectivity index (χ3v) is 5.76. The number of urea groups is 1. The van der Waals surface area contributed by atoms with Crippen molar-refractivity contribution in [3.63, 3.8) is 0 Å². The number of hydrogen-bond donors (Lipinski definition) is 1. The van der Waals surface area contributed by atoms with Crippen molar-refractivity contribution >= 4 is 22.6 Å². The van der Waals surface area contributed by atoms with Gasteiger partial charge in [-0.25, -0.2) is 9.78 Å². The molecule has 0 fully saturated rings. The van der Waals surface area contributed by atoms with Gasteiger partial charge in [0.05, 0.1) is 24.0 Å². The highest BCUT2D eigenvalue weighted by atomic mass is 16.5. The van der Waals surface area contributed by atoms with Crippen molar-refractivity contribution < 1.29 is 9.53 Å². The number of methoxy groups -OCH3 is 1. The van der Waals surface area contributed by atoms with Gasteiger partial charge in [0.15, 0.2) is 0 Å². The Morgan fingerprint density at radius 2 is 1.71 bits per heavy atom. The molecule has 0 saturated carbocycles. The first kappa shape index (κ1) is 19.1. The maximum Gasteiger partial charge on any atom is 0.322 e. The van der Waals surface area contributed by atoms with Crippen LogP contribution in [-0.2, 0) is 13.0 Å². The molecule has 4 aromatic rings. The molecule has 1 aliphatic heterocycles. The molecule has 2 heterocycles. The van der Waals surface area contributed by atoms with Crippen LogP contribution in [0.3, 0.4) is 0 Å². The summed E-state index contributed by atoms with van der Waals surface area (Å²) in [5.41, 5.74) is 5.91. The maximum atomic E-state index is 13.1. The Balaban J connectivity index is 1.46. The van der Waals surface area contributed by atoms with E-state index in [4.69, 9.17) is 9.72 Å². The molecule has 1 aliphatic rings. The SMILES string of the molecule is COc1ccc(-c2cc(NC(=O)N3CCc4ccccc4C3)c3ccccc3n2)cc1. The summed E-state index contributed by atoms with van der Waals surface area (Å²) in [6.07, 6.45) is 0.873. The fourth-order valence-corrected chi connectivity index (χ4v) is 4.05. The van der Waals surface area contributed by atoms with E-state index in [2.05, 4.69) is 23.5 Å². The van der Waals surface area contributed by atoms with Gasteiger partial charge in [0.2, 0.25) is 0 Å². The molecule has 31 heavy (non-hydrogen) atoms. The molecule has 0 saturated heterocycles. The Kier molecular flexibility index (Phi) is 5.00. The number of pyridine rings is 1. The number of anilines is 1. The van der Waals surface area contributed by atoms with E-state index >= 15 is 0 Å². The Morgan fingerprint density at radius 3 is 2.52 bits per heavy atom. The molecular weight excluding hydrogens is 386 g/mol. The quantitative estimate of drug-likeness (QED) is 0.486. The van der Waals surface area contributed by atoms with E-state index in [1.807, 2.05) is 65.6 Å². The highest BCUT2D eigenvalue weighted by Crippen LogP contribution is 2.30. The lowest BCUT2D eigenvalue weighted by Crippen LogP contribution is -2.38. The van der Waals surface area contributed by atoms with Crippen LogP contribution in [0.1, 0.15) is 11.1 Å². The molecule has 0 atom stereocenters. The molecule has 3 aromatic carbocycles. The highest BCUT2D eigenvalue weighted by Gasteiger charge is 2.21. The summed E-state index contributed by atoms with van der Waals surface area (Å²) in [6.45, 7) is 1.33. The molecule has 5 heteroatoms. The van der Waals surface area contributed by atoms with Crippen molar-refractivity contribution in [2.24, 2.45) is 0 Å². The van der Waals surface area contributed by atoms with Crippen molar-refractivity contribution in [1.82, 2.24) is 9.88 Å². The summed E-state index contributed by atoms with van der Waals surface area (Å²) in [4.78, 5) is 19.8. The average molecular weight is 409 g/mol. The normalized spacial score (nSPS) is 13.0. The zero-order valence-corrected chi connectivity index (χ0v) is 17.3. The number of nitrogens with zero attached hydrogens (tertiary/aromatic N) is 2. The van der Waals surface area contributed by atoms with Gasteiger partial charge in [-0.1, -0.05) is 42.5 Å². The number of nitrogens with one attached hydrogen (secondary N) is 1. The molecule has 0 radical (unpaired) electrons. The number of hydrogen-bond acceptors (Lipinski definition) is 3. The first-order valence-corrected chi connectivity index (χ1v) is 10.4. The topological polar surface area (TPSA) is 54.5 Å². The zero-order valence-electron chi connectivity index (χ0n) is 17.3. The minimum absolute atomic E-state index is 0.0912. The summed E-state index contributed by atoms with van der Waals surface area (Å²) in [5, 5.41) is 4.06. The molecule has 1 aromatic heterocycles. The van der Waals surface area contributed by atoms with E-state index in [0.717, 1.165) is 40.0 Å². The van der Waals surface area contributed by atoms with Gasteiger partial charge >= 0.3 is 6.03 Å². The van der Waals surface area contributed by atoms with E-state index in [-0.39, 0.29) is 6.03 Å². The standard InChI is InChI=1S/C26H23N3O2/c1-31-21-12-10-19(11-13-21)24-16-25(22-8-4-5-9-23(22)27-24)28-26(30)29-15-14-18-6-2-3-7-20(18)17-29/h2-13,16H,14-15,17H2,1H3,(H,27,28,30). The van der Waals surface area contributed by atoms with Crippen molar-refractivity contribution in [3.05, 3.63) is 90.0 Å². The van der Waals surface area contributed by atoms with Crippen LogP contribution in [0.4, 0.5) is 10.5 Å². The summed E-state index contributed by atoms with van der Waals surface area (Å²) in [5.74, 6) is 0.795. The lowest BCUT2D eigenvalue weighted by Gasteiger charge is -2.29. The summed E-state index contributed by atoms with van der Waals surface area (Å²) in [7, 11) is 1.65. The van der Waals surface area contributed by atoms with E-state index in [9.17, 15) is 4.79 Å². The fourth-order valence-electron chi connectivity index (χ4n) is 4.05. The van der Waals surface area contributed by atoms with E-state index < -0.39 is 0 Å². The second-order valence-corrected chi connectivity index (χ2v) is 7.67. The van der Waals surface area contributed by atoms with Crippen LogP contribution in [0.25, 0.3) is 22.2 Å². The number of rotatable bonds is 3. The summed E-state index contributed by atoms with van der Waals surface area (Å²) in [6, 6.07) is 25.8. The largest absolute Gasteiger partial charge is 0.497 e. The smallest absolute Gasteiger partial charge is 0.322 e. The number of carbonyl (C=O) groups is 1. The molecule has 0 bridgehead atoms. The molecule has 5 nitrogen and oxygen atoms in total. The molecular formula is C26H23N3O2. The molecule has 1 N–H and O–H groups in total. The van der Waals surface area contributed by atoms with E-state index in [0.29, 0.717) is 13.1 Å². The lowest BCUT2D eigenvalue weighted by molar-refractivity contribution is 0.206. The number of carbonyl (C=O) groups excluding carboxylic acids is 1. The molecule has 5 rings (SSSR count). The number of benzene rings is 3. The van der Waals surface area contributed by atoms with E-state index in [1.165, 1.54) is 11.1 Å². The summed E-state index contributed by atoms with van der Waals surface area (Å²) >= 11 is 0. The average Bonchev–Trinajstić information content (AvgIpc) is 2.83. The van der Waals surface area contributed by atoms with Crippen LogP contribution in [0, 0.1) is 0 Å². The Hall–Kier alpha value is -3.86. The van der Waals surface area contributed by atoms with Crippen molar-refractivity contribution in [2.45, 2.75) is 13.0 Å². The van der Waals surface area contributed by atoms with Gasteiger partial charge in [-0.3, -0.25) is 0 Å². The van der Waals surface area contributed by atoms with E-state index in [1.54, 1.807) is 7.11 Å². The second-order valence-electron chi connectivity index (χ2n) is 7.67. The third-order valence-electron chi connectivity index (χ3n) is 5.76. The molecule has 0 spiro atoms. The van der Waals surface area contributed by atoms with Gasteiger partial charge in [-0.15, -0.1) is 0 Å². The Morgan fingerprint density at radius 1 is 0.968 bits per heavy atom. The fraction of sp³-hybridized carbons (Fsp3) is 0.154. The van der Waals surface area contributed by atoms with Crippen LogP contribution in [0.5, 0.6) is 5.75 Å². The second kappa shape index (κ2) is 8.11. The molecule has 154 valence electrons. The highest BCUT2D eigenvalue weighted by molar-refractivity contribution is 6.01.